The number of imidazole rings is 1. The van der Waals surface area contributed by atoms with Crippen molar-refractivity contribution < 1.29 is 19.4 Å². The number of H-pyrrole nitrogens is 1. The molecule has 1 fully saturated rings. The van der Waals surface area contributed by atoms with Crippen LogP contribution in [0.2, 0.25) is 0 Å². The molecule has 172 valence electrons. The summed E-state index contributed by atoms with van der Waals surface area (Å²) in [5.41, 5.74) is -0.0149. The highest BCUT2D eigenvalue weighted by molar-refractivity contribution is 8.77. The van der Waals surface area contributed by atoms with Gasteiger partial charge < -0.3 is 14.6 Å². The lowest BCUT2D eigenvalue weighted by atomic mass is 10.2. The second kappa shape index (κ2) is 9.90. The Morgan fingerprint density at radius 1 is 1.48 bits per heavy atom. The molecule has 1 amide bonds. The Bertz CT molecular complexity index is 971. The van der Waals surface area contributed by atoms with Crippen molar-refractivity contribution in [3.63, 3.8) is 0 Å². The molecule has 0 bridgehead atoms. The van der Waals surface area contributed by atoms with Crippen molar-refractivity contribution in [3.8, 4) is 0 Å². The Morgan fingerprint density at radius 2 is 2.23 bits per heavy atom. The summed E-state index contributed by atoms with van der Waals surface area (Å²) in [6.45, 7) is 9.70. The number of aromatic nitrogens is 4. The lowest BCUT2D eigenvalue weighted by molar-refractivity contribution is -0.118. The van der Waals surface area contributed by atoms with Crippen LogP contribution in [0.15, 0.2) is 11.1 Å². The quantitative estimate of drug-likeness (QED) is 0.302. The predicted octanol–water partition coefficient (Wildman–Crippen LogP) is 2.52. The highest BCUT2D eigenvalue weighted by Crippen LogP contribution is 2.37. The van der Waals surface area contributed by atoms with Gasteiger partial charge >= 0.3 is 0 Å². The highest BCUT2D eigenvalue weighted by Gasteiger charge is 2.37. The lowest BCUT2D eigenvalue weighted by Crippen LogP contribution is -2.27. The zero-order valence-electron chi connectivity index (χ0n) is 18.2. The van der Waals surface area contributed by atoms with Crippen LogP contribution in [0.5, 0.6) is 0 Å². The SMILES string of the molecule is CC(C)C(=O)Nc1nc2c(ncn2[C@H]2C[C@@H](OCSSC(C)(C)C)[C@@H](CO)O2)c(=O)[nH]1. The first-order valence-electron chi connectivity index (χ1n) is 10.1. The molecule has 0 aromatic carbocycles. The third kappa shape index (κ3) is 6.01. The normalized spacial score (nSPS) is 21.8. The zero-order valence-corrected chi connectivity index (χ0v) is 19.9. The highest BCUT2D eigenvalue weighted by atomic mass is 33.1. The molecule has 2 aromatic rings. The Hall–Kier alpha value is -1.60. The molecule has 0 spiro atoms. The van der Waals surface area contributed by atoms with Gasteiger partial charge in [0.25, 0.3) is 5.56 Å². The van der Waals surface area contributed by atoms with Crippen molar-refractivity contribution in [2.75, 3.05) is 17.9 Å². The fourth-order valence-corrected chi connectivity index (χ4v) is 4.99. The van der Waals surface area contributed by atoms with E-state index in [9.17, 15) is 14.7 Å². The van der Waals surface area contributed by atoms with Gasteiger partial charge in [0.05, 0.1) is 19.0 Å². The summed E-state index contributed by atoms with van der Waals surface area (Å²) < 4.78 is 13.7. The van der Waals surface area contributed by atoms with Gasteiger partial charge in [0.15, 0.2) is 11.2 Å². The first-order chi connectivity index (χ1) is 14.6. The summed E-state index contributed by atoms with van der Waals surface area (Å²) in [4.78, 5) is 35.4. The molecule has 0 unspecified atom stereocenters. The van der Waals surface area contributed by atoms with Gasteiger partial charge in [-0.05, 0) is 0 Å². The number of nitrogens with zero attached hydrogens (tertiary/aromatic N) is 3. The van der Waals surface area contributed by atoms with Crippen LogP contribution < -0.4 is 10.9 Å². The van der Waals surface area contributed by atoms with E-state index in [0.29, 0.717) is 18.0 Å². The van der Waals surface area contributed by atoms with Crippen LogP contribution >= 0.6 is 21.6 Å². The number of carbonyl (C=O) groups excluding carboxylic acids is 1. The Morgan fingerprint density at radius 3 is 2.87 bits per heavy atom. The second-order valence-electron chi connectivity index (χ2n) is 8.57. The van der Waals surface area contributed by atoms with E-state index >= 15 is 0 Å². The molecular weight excluding hydrogens is 442 g/mol. The number of anilines is 1. The van der Waals surface area contributed by atoms with Crippen LogP contribution in [0.1, 0.15) is 47.3 Å². The predicted molar refractivity (Wildman–Crippen MR) is 122 cm³/mol. The molecule has 0 radical (unpaired) electrons. The van der Waals surface area contributed by atoms with Crippen LogP contribution in [0.25, 0.3) is 11.2 Å². The fourth-order valence-electron chi connectivity index (χ4n) is 2.98. The lowest BCUT2D eigenvalue weighted by Gasteiger charge is -2.19. The first kappa shape index (κ1) is 24.1. The zero-order chi connectivity index (χ0) is 22.8. The Labute approximate surface area is 188 Å². The molecule has 3 rings (SSSR count). The van der Waals surface area contributed by atoms with Gasteiger partial charge in [-0.2, -0.15) is 4.98 Å². The molecule has 1 saturated heterocycles. The van der Waals surface area contributed by atoms with Crippen molar-refractivity contribution >= 4 is 44.6 Å². The number of aliphatic hydroxyl groups is 1. The summed E-state index contributed by atoms with van der Waals surface area (Å²) in [6, 6.07) is 0. The van der Waals surface area contributed by atoms with E-state index in [1.54, 1.807) is 40.0 Å². The maximum atomic E-state index is 12.4. The minimum Gasteiger partial charge on any atom is -0.394 e. The van der Waals surface area contributed by atoms with Gasteiger partial charge in [0.1, 0.15) is 18.3 Å². The molecule has 2 aromatic heterocycles. The third-order valence-corrected chi connectivity index (χ3v) is 7.50. The number of hydrogen-bond acceptors (Lipinski definition) is 9. The number of ether oxygens (including phenoxy) is 2. The molecule has 3 N–H and O–H groups in total. The smallest absolute Gasteiger partial charge is 0.280 e. The summed E-state index contributed by atoms with van der Waals surface area (Å²) in [6.07, 6.45) is 0.648. The van der Waals surface area contributed by atoms with Crippen LogP contribution in [-0.2, 0) is 14.3 Å². The standard InChI is InChI=1S/C19H29N5O5S2/c1-10(2)16(26)22-18-21-15-14(17(27)23-18)20-8-24(15)13-6-11(12(7-25)29-13)28-9-30-31-19(3,4)5/h8,10-13,25H,6-7,9H2,1-5H3,(H2,21,22,23,26,27)/t11-,12-,13-/m1/s1. The fraction of sp³-hybridized carbons (Fsp3) is 0.684. The van der Waals surface area contributed by atoms with E-state index in [1.807, 2.05) is 0 Å². The van der Waals surface area contributed by atoms with Gasteiger partial charge in [-0.25, -0.2) is 4.98 Å². The van der Waals surface area contributed by atoms with Crippen molar-refractivity contribution in [2.24, 2.45) is 5.92 Å². The summed E-state index contributed by atoms with van der Waals surface area (Å²) in [5, 5.41) is 12.3. The van der Waals surface area contributed by atoms with Crippen LogP contribution in [0, 0.1) is 5.92 Å². The number of nitrogens with one attached hydrogen (secondary N) is 2. The summed E-state index contributed by atoms with van der Waals surface area (Å²) in [7, 11) is 3.34. The summed E-state index contributed by atoms with van der Waals surface area (Å²) >= 11 is 0. The minimum atomic E-state index is -0.504. The van der Waals surface area contributed by atoms with Crippen LogP contribution in [0.3, 0.4) is 0 Å². The molecule has 1 aliphatic rings. The number of aliphatic hydroxyl groups excluding tert-OH is 1. The number of aromatic amines is 1. The summed E-state index contributed by atoms with van der Waals surface area (Å²) in [5.74, 6) is -0.00235. The van der Waals surface area contributed by atoms with E-state index in [2.05, 4.69) is 41.0 Å². The molecule has 3 atom stereocenters. The number of amides is 1. The topological polar surface area (TPSA) is 131 Å². The Kier molecular flexibility index (Phi) is 7.68. The van der Waals surface area contributed by atoms with Gasteiger partial charge in [-0.15, -0.1) is 0 Å². The molecule has 1 aliphatic heterocycles. The average Bonchev–Trinajstić information content (AvgIpc) is 3.28. The number of hydrogen-bond donors (Lipinski definition) is 3. The number of rotatable bonds is 8. The molecule has 12 heteroatoms. The molecule has 31 heavy (non-hydrogen) atoms. The maximum Gasteiger partial charge on any atom is 0.280 e. The monoisotopic (exact) mass is 471 g/mol. The number of carbonyl (C=O) groups is 1. The molecule has 3 heterocycles. The Balaban J connectivity index is 1.75. The van der Waals surface area contributed by atoms with Gasteiger partial charge in [-0.3, -0.25) is 24.5 Å². The van der Waals surface area contributed by atoms with E-state index in [0.717, 1.165) is 0 Å². The van der Waals surface area contributed by atoms with Gasteiger partial charge in [0.2, 0.25) is 11.9 Å². The third-order valence-electron chi connectivity index (χ3n) is 4.51. The van der Waals surface area contributed by atoms with E-state index in [4.69, 9.17) is 9.47 Å². The molecule has 10 nitrogen and oxygen atoms in total. The largest absolute Gasteiger partial charge is 0.394 e. The first-order valence-corrected chi connectivity index (χ1v) is 12.4. The minimum absolute atomic E-state index is 0.0538. The number of fused-ring (bicyclic) bond motifs is 1. The van der Waals surface area contributed by atoms with Crippen LogP contribution in [0.4, 0.5) is 5.95 Å². The van der Waals surface area contributed by atoms with Gasteiger partial charge in [-0.1, -0.05) is 56.2 Å². The molecule has 0 aliphatic carbocycles. The van der Waals surface area contributed by atoms with Crippen molar-refractivity contribution in [1.82, 2.24) is 19.5 Å². The second-order valence-corrected chi connectivity index (χ2v) is 11.6. The van der Waals surface area contributed by atoms with Crippen molar-refractivity contribution in [2.45, 2.75) is 64.2 Å². The van der Waals surface area contributed by atoms with E-state index in [1.165, 1.54) is 6.33 Å². The van der Waals surface area contributed by atoms with Crippen molar-refractivity contribution in [3.05, 3.63) is 16.7 Å². The van der Waals surface area contributed by atoms with Crippen LogP contribution in [-0.4, -0.2) is 60.0 Å². The maximum absolute atomic E-state index is 12.4. The average molecular weight is 472 g/mol. The van der Waals surface area contributed by atoms with Crippen molar-refractivity contribution in [1.29, 1.82) is 0 Å². The molecule has 0 saturated carbocycles. The molecular formula is C19H29N5O5S2. The van der Waals surface area contributed by atoms with Gasteiger partial charge in [0, 0.05) is 17.1 Å². The van der Waals surface area contributed by atoms with E-state index in [-0.39, 0.29) is 40.7 Å². The van der Waals surface area contributed by atoms with E-state index < -0.39 is 17.9 Å².